The molecule has 7 nitrogen and oxygen atoms in total. The Bertz CT molecular complexity index is 772. The SMILES string of the molecule is CN1CCC(Cc2nc(-c3ncccc3S(C)(=O)=O)no2)C1. The number of hydrogen-bond donors (Lipinski definition) is 0. The highest BCUT2D eigenvalue weighted by atomic mass is 32.2. The molecule has 1 saturated heterocycles. The minimum absolute atomic E-state index is 0.114. The van der Waals surface area contributed by atoms with Crippen LogP contribution in [0.2, 0.25) is 0 Å². The third-order valence-electron chi connectivity index (χ3n) is 3.80. The van der Waals surface area contributed by atoms with E-state index in [4.69, 9.17) is 4.52 Å². The van der Waals surface area contributed by atoms with Crippen molar-refractivity contribution in [3.8, 4) is 11.5 Å². The highest BCUT2D eigenvalue weighted by Crippen LogP contribution is 2.24. The molecule has 0 radical (unpaired) electrons. The van der Waals surface area contributed by atoms with Gasteiger partial charge >= 0.3 is 0 Å². The molecule has 0 N–H and O–H groups in total. The van der Waals surface area contributed by atoms with Gasteiger partial charge in [-0.1, -0.05) is 5.16 Å². The van der Waals surface area contributed by atoms with E-state index in [9.17, 15) is 8.42 Å². The van der Waals surface area contributed by atoms with Crippen LogP contribution in [0.1, 0.15) is 12.3 Å². The first-order valence-electron chi connectivity index (χ1n) is 7.10. The number of hydrogen-bond acceptors (Lipinski definition) is 7. The van der Waals surface area contributed by atoms with Crippen molar-refractivity contribution in [3.05, 3.63) is 24.2 Å². The van der Waals surface area contributed by atoms with E-state index in [1.807, 2.05) is 0 Å². The van der Waals surface area contributed by atoms with Gasteiger partial charge in [0.2, 0.25) is 11.7 Å². The second kappa shape index (κ2) is 5.77. The number of likely N-dealkylation sites (tertiary alicyclic amines) is 1. The van der Waals surface area contributed by atoms with Crippen LogP contribution in [0.15, 0.2) is 27.7 Å². The van der Waals surface area contributed by atoms with Crippen LogP contribution in [0, 0.1) is 5.92 Å². The molecule has 1 aliphatic rings. The summed E-state index contributed by atoms with van der Waals surface area (Å²) < 4.78 is 28.9. The average molecular weight is 322 g/mol. The Balaban J connectivity index is 1.85. The summed E-state index contributed by atoms with van der Waals surface area (Å²) in [4.78, 5) is 10.8. The molecule has 0 aromatic carbocycles. The average Bonchev–Trinajstić information content (AvgIpc) is 3.08. The molecule has 3 heterocycles. The maximum Gasteiger partial charge on any atom is 0.227 e. The molecule has 1 fully saturated rings. The lowest BCUT2D eigenvalue weighted by atomic mass is 10.1. The number of rotatable bonds is 4. The fraction of sp³-hybridized carbons (Fsp3) is 0.500. The lowest BCUT2D eigenvalue weighted by Gasteiger charge is -2.06. The third kappa shape index (κ3) is 3.17. The lowest BCUT2D eigenvalue weighted by Crippen LogP contribution is -2.15. The Labute approximate surface area is 129 Å². The summed E-state index contributed by atoms with van der Waals surface area (Å²) in [6.45, 7) is 2.08. The standard InChI is InChI=1S/C14H18N4O3S/c1-18-7-5-10(9-18)8-12-16-14(17-21-12)13-11(22(2,19)20)4-3-6-15-13/h3-4,6,10H,5,7-9H2,1-2H3. The van der Waals surface area contributed by atoms with Crippen molar-refractivity contribution >= 4 is 9.84 Å². The maximum absolute atomic E-state index is 11.8. The molecule has 118 valence electrons. The second-order valence-corrected chi connectivity index (χ2v) is 7.74. The number of pyridine rings is 1. The zero-order valence-electron chi connectivity index (χ0n) is 12.6. The predicted octanol–water partition coefficient (Wildman–Crippen LogP) is 1.03. The van der Waals surface area contributed by atoms with E-state index in [-0.39, 0.29) is 16.4 Å². The summed E-state index contributed by atoms with van der Waals surface area (Å²) in [6, 6.07) is 3.08. The molecule has 1 aliphatic heterocycles. The molecule has 2 aromatic heterocycles. The lowest BCUT2D eigenvalue weighted by molar-refractivity contribution is 0.343. The first kappa shape index (κ1) is 15.1. The Morgan fingerprint density at radius 1 is 1.45 bits per heavy atom. The van der Waals surface area contributed by atoms with Gasteiger partial charge in [0.05, 0.1) is 4.90 Å². The van der Waals surface area contributed by atoms with Crippen LogP contribution >= 0.6 is 0 Å². The van der Waals surface area contributed by atoms with E-state index in [1.165, 1.54) is 12.3 Å². The van der Waals surface area contributed by atoms with Gasteiger partial charge < -0.3 is 9.42 Å². The van der Waals surface area contributed by atoms with E-state index in [0.717, 1.165) is 25.8 Å². The van der Waals surface area contributed by atoms with Gasteiger partial charge in [0.15, 0.2) is 9.84 Å². The van der Waals surface area contributed by atoms with Crippen LogP contribution in [-0.4, -0.2) is 54.8 Å². The Hall–Kier alpha value is -1.80. The fourth-order valence-corrected chi connectivity index (χ4v) is 3.55. The van der Waals surface area contributed by atoms with E-state index in [2.05, 4.69) is 27.1 Å². The van der Waals surface area contributed by atoms with E-state index in [1.54, 1.807) is 6.07 Å². The van der Waals surface area contributed by atoms with Crippen LogP contribution in [0.25, 0.3) is 11.5 Å². The summed E-state index contributed by atoms with van der Waals surface area (Å²) in [5.41, 5.74) is 0.239. The Morgan fingerprint density at radius 2 is 2.27 bits per heavy atom. The zero-order chi connectivity index (χ0) is 15.7. The Morgan fingerprint density at radius 3 is 2.95 bits per heavy atom. The monoisotopic (exact) mass is 322 g/mol. The van der Waals surface area contributed by atoms with Crippen molar-refractivity contribution in [2.45, 2.75) is 17.7 Å². The molecule has 0 spiro atoms. The molecule has 2 aromatic rings. The maximum atomic E-state index is 11.8. The second-order valence-electron chi connectivity index (χ2n) is 5.76. The van der Waals surface area contributed by atoms with Gasteiger partial charge in [0, 0.05) is 25.4 Å². The van der Waals surface area contributed by atoms with Crippen molar-refractivity contribution in [3.63, 3.8) is 0 Å². The van der Waals surface area contributed by atoms with Crippen LogP contribution < -0.4 is 0 Å². The number of sulfone groups is 1. The van der Waals surface area contributed by atoms with Gasteiger partial charge in [-0.05, 0) is 38.1 Å². The molecule has 0 amide bonds. The van der Waals surface area contributed by atoms with E-state index < -0.39 is 9.84 Å². The summed E-state index contributed by atoms with van der Waals surface area (Å²) in [7, 11) is -1.30. The molecule has 0 aliphatic carbocycles. The normalized spacial score (nSPS) is 19.6. The first-order chi connectivity index (χ1) is 10.4. The van der Waals surface area contributed by atoms with Crippen LogP contribution in [0.4, 0.5) is 0 Å². The summed E-state index contributed by atoms with van der Waals surface area (Å²) in [6.07, 6.45) is 4.47. The predicted molar refractivity (Wildman–Crippen MR) is 79.9 cm³/mol. The van der Waals surface area contributed by atoms with Gasteiger partial charge in [0.1, 0.15) is 5.69 Å². The molecule has 1 unspecified atom stereocenters. The van der Waals surface area contributed by atoms with Crippen molar-refractivity contribution in [2.75, 3.05) is 26.4 Å². The summed E-state index contributed by atoms with van der Waals surface area (Å²) >= 11 is 0. The van der Waals surface area contributed by atoms with Crippen LogP contribution in [-0.2, 0) is 16.3 Å². The van der Waals surface area contributed by atoms with Gasteiger partial charge in [-0.2, -0.15) is 4.98 Å². The minimum atomic E-state index is -3.39. The molecular formula is C14H18N4O3S. The van der Waals surface area contributed by atoms with Crippen molar-refractivity contribution in [1.82, 2.24) is 20.0 Å². The molecule has 1 atom stereocenters. The Kier molecular flexibility index (Phi) is 3.96. The highest BCUT2D eigenvalue weighted by Gasteiger charge is 2.24. The minimum Gasteiger partial charge on any atom is -0.339 e. The van der Waals surface area contributed by atoms with Crippen LogP contribution in [0.3, 0.4) is 0 Å². The quantitative estimate of drug-likeness (QED) is 0.830. The smallest absolute Gasteiger partial charge is 0.227 e. The summed E-state index contributed by atoms with van der Waals surface area (Å²) in [5.74, 6) is 1.25. The van der Waals surface area contributed by atoms with E-state index in [0.29, 0.717) is 18.2 Å². The molecule has 0 saturated carbocycles. The van der Waals surface area contributed by atoms with Gasteiger partial charge in [-0.15, -0.1) is 0 Å². The molecule has 8 heteroatoms. The molecule has 3 rings (SSSR count). The number of aromatic nitrogens is 3. The molecule has 0 bridgehead atoms. The van der Waals surface area contributed by atoms with Crippen molar-refractivity contribution in [2.24, 2.45) is 5.92 Å². The third-order valence-corrected chi connectivity index (χ3v) is 4.93. The number of nitrogens with zero attached hydrogens (tertiary/aromatic N) is 4. The topological polar surface area (TPSA) is 89.2 Å². The van der Waals surface area contributed by atoms with E-state index >= 15 is 0 Å². The largest absolute Gasteiger partial charge is 0.339 e. The fourth-order valence-electron chi connectivity index (χ4n) is 2.73. The van der Waals surface area contributed by atoms with Gasteiger partial charge in [-0.25, -0.2) is 8.42 Å². The van der Waals surface area contributed by atoms with Crippen molar-refractivity contribution < 1.29 is 12.9 Å². The highest BCUT2D eigenvalue weighted by molar-refractivity contribution is 7.90. The molecule has 22 heavy (non-hydrogen) atoms. The summed E-state index contributed by atoms with van der Waals surface area (Å²) in [5, 5.41) is 3.90. The van der Waals surface area contributed by atoms with Gasteiger partial charge in [-0.3, -0.25) is 4.98 Å². The van der Waals surface area contributed by atoms with Crippen LogP contribution in [0.5, 0.6) is 0 Å². The first-order valence-corrected chi connectivity index (χ1v) is 8.99. The zero-order valence-corrected chi connectivity index (χ0v) is 13.4. The van der Waals surface area contributed by atoms with Gasteiger partial charge in [0.25, 0.3) is 0 Å². The molecular weight excluding hydrogens is 304 g/mol. The van der Waals surface area contributed by atoms with Crippen molar-refractivity contribution in [1.29, 1.82) is 0 Å².